The van der Waals surface area contributed by atoms with Crippen molar-refractivity contribution in [1.29, 1.82) is 0 Å². The Hall–Kier alpha value is -1.02. The van der Waals surface area contributed by atoms with E-state index in [1.54, 1.807) is 0 Å². The summed E-state index contributed by atoms with van der Waals surface area (Å²) in [5.41, 5.74) is 1.44. The van der Waals surface area contributed by atoms with Crippen molar-refractivity contribution in [2.24, 2.45) is 23.2 Å². The Labute approximate surface area is 144 Å². The van der Waals surface area contributed by atoms with E-state index >= 15 is 0 Å². The van der Waals surface area contributed by atoms with Gasteiger partial charge in [0.25, 0.3) is 0 Å². The molecule has 0 radical (unpaired) electrons. The molecule has 0 aromatic heterocycles. The zero-order chi connectivity index (χ0) is 16.0. The van der Waals surface area contributed by atoms with Crippen LogP contribution in [0, 0.1) is 23.2 Å². The van der Waals surface area contributed by atoms with E-state index in [0.29, 0.717) is 5.41 Å². The van der Waals surface area contributed by atoms with E-state index < -0.39 is 0 Å². The van der Waals surface area contributed by atoms with Crippen LogP contribution in [0.4, 0.5) is 0 Å². The van der Waals surface area contributed by atoms with Crippen molar-refractivity contribution in [1.82, 2.24) is 5.32 Å². The van der Waals surface area contributed by atoms with Crippen LogP contribution in [0.3, 0.4) is 0 Å². The quantitative estimate of drug-likeness (QED) is 0.814. The fourth-order valence-electron chi connectivity index (χ4n) is 5.97. The highest BCUT2D eigenvalue weighted by Gasteiger charge is 2.51. The molecular weight excluding hydrogens is 306 g/mol. The lowest BCUT2D eigenvalue weighted by molar-refractivity contribution is -0.130. The van der Waals surface area contributed by atoms with Gasteiger partial charge in [-0.3, -0.25) is 4.79 Å². The van der Waals surface area contributed by atoms with Gasteiger partial charge in [-0.15, -0.1) is 0 Å². The second-order valence-electron chi connectivity index (χ2n) is 8.44. The second kappa shape index (κ2) is 5.81. The molecule has 4 fully saturated rings. The van der Waals surface area contributed by atoms with Crippen LogP contribution in [0.25, 0.3) is 0 Å². The lowest BCUT2D eigenvalue weighted by Crippen LogP contribution is -2.48. The molecule has 2 nitrogen and oxygen atoms in total. The average Bonchev–Trinajstić information content (AvgIpc) is 2.45. The summed E-state index contributed by atoms with van der Waals surface area (Å²) < 4.78 is 0. The van der Waals surface area contributed by atoms with Gasteiger partial charge in [0.05, 0.1) is 6.04 Å². The van der Waals surface area contributed by atoms with E-state index in [9.17, 15) is 4.79 Å². The Balaban J connectivity index is 1.39. The lowest BCUT2D eigenvalue weighted by Gasteiger charge is -2.56. The largest absolute Gasteiger partial charge is 0.350 e. The number of hydrogen-bond acceptors (Lipinski definition) is 1. The summed E-state index contributed by atoms with van der Waals surface area (Å²) >= 11 is 5.94. The average molecular weight is 332 g/mol. The topological polar surface area (TPSA) is 29.1 Å². The Kier molecular flexibility index (Phi) is 3.91. The van der Waals surface area contributed by atoms with Gasteiger partial charge in [-0.1, -0.05) is 23.7 Å². The third kappa shape index (κ3) is 3.15. The highest BCUT2D eigenvalue weighted by atomic mass is 35.5. The maximum Gasteiger partial charge on any atom is 0.221 e. The Morgan fingerprint density at radius 1 is 1.13 bits per heavy atom. The van der Waals surface area contributed by atoms with Crippen LogP contribution >= 0.6 is 11.6 Å². The molecule has 4 bridgehead atoms. The molecule has 5 rings (SSSR count). The molecule has 0 aliphatic heterocycles. The number of hydrogen-bond donors (Lipinski definition) is 1. The maximum atomic E-state index is 12.6. The number of carbonyl (C=O) groups is 1. The van der Waals surface area contributed by atoms with Crippen LogP contribution in [0.5, 0.6) is 0 Å². The molecular formula is C20H26ClNO. The van der Waals surface area contributed by atoms with Crippen LogP contribution in [0.2, 0.25) is 5.02 Å². The van der Waals surface area contributed by atoms with Crippen LogP contribution in [-0.4, -0.2) is 5.91 Å². The molecule has 1 amide bonds. The predicted octanol–water partition coefficient (Wildman–Crippen LogP) is 5.12. The first-order valence-corrected chi connectivity index (χ1v) is 9.44. The van der Waals surface area contributed by atoms with Gasteiger partial charge in [0.15, 0.2) is 0 Å². The van der Waals surface area contributed by atoms with Crippen molar-refractivity contribution in [3.05, 3.63) is 34.9 Å². The summed E-state index contributed by atoms with van der Waals surface area (Å²) in [6.45, 7) is 2.06. The Bertz CT molecular complexity index is 559. The smallest absolute Gasteiger partial charge is 0.221 e. The highest BCUT2D eigenvalue weighted by molar-refractivity contribution is 6.30. The van der Waals surface area contributed by atoms with Crippen LogP contribution < -0.4 is 5.32 Å². The minimum atomic E-state index is 0.0497. The van der Waals surface area contributed by atoms with Gasteiger partial charge in [0.1, 0.15) is 0 Å². The van der Waals surface area contributed by atoms with Gasteiger partial charge < -0.3 is 5.32 Å². The normalized spacial score (nSPS) is 36.0. The van der Waals surface area contributed by atoms with Crippen molar-refractivity contribution in [2.75, 3.05) is 0 Å². The fraction of sp³-hybridized carbons (Fsp3) is 0.650. The lowest BCUT2D eigenvalue weighted by atomic mass is 9.49. The zero-order valence-electron chi connectivity index (χ0n) is 13.9. The zero-order valence-corrected chi connectivity index (χ0v) is 14.6. The first-order chi connectivity index (χ1) is 11.0. The minimum Gasteiger partial charge on any atom is -0.350 e. The van der Waals surface area contributed by atoms with Crippen LogP contribution in [-0.2, 0) is 4.79 Å². The standard InChI is InChI=1S/C20H26ClNO/c1-13(17-2-4-18(21)5-3-17)22-19(23)12-20-9-14-6-15(10-20)8-16(7-14)11-20/h2-5,13-16H,6-12H2,1H3,(H,22,23). The van der Waals surface area contributed by atoms with Crippen LogP contribution in [0.15, 0.2) is 24.3 Å². The van der Waals surface area contributed by atoms with Crippen molar-refractivity contribution in [2.45, 2.75) is 57.9 Å². The summed E-state index contributed by atoms with van der Waals surface area (Å²) in [5, 5.41) is 3.95. The summed E-state index contributed by atoms with van der Waals surface area (Å²) in [7, 11) is 0. The highest BCUT2D eigenvalue weighted by Crippen LogP contribution is 2.61. The molecule has 3 heteroatoms. The molecule has 1 unspecified atom stereocenters. The van der Waals surface area contributed by atoms with E-state index in [2.05, 4.69) is 12.2 Å². The molecule has 4 aliphatic carbocycles. The SMILES string of the molecule is CC(NC(=O)CC12CC3CC(CC(C3)C1)C2)c1ccc(Cl)cc1. The van der Waals surface area contributed by atoms with Gasteiger partial charge in [-0.25, -0.2) is 0 Å². The van der Waals surface area contributed by atoms with E-state index in [1.807, 2.05) is 24.3 Å². The van der Waals surface area contributed by atoms with Gasteiger partial charge >= 0.3 is 0 Å². The molecule has 4 aliphatic rings. The summed E-state index contributed by atoms with van der Waals surface area (Å²) in [6.07, 6.45) is 8.91. The van der Waals surface area contributed by atoms with Gasteiger partial charge in [-0.05, 0) is 86.3 Å². The number of rotatable bonds is 4. The van der Waals surface area contributed by atoms with Crippen molar-refractivity contribution >= 4 is 17.5 Å². The molecule has 0 saturated heterocycles. The second-order valence-corrected chi connectivity index (χ2v) is 8.87. The molecule has 1 N–H and O–H groups in total. The van der Waals surface area contributed by atoms with Crippen LogP contribution in [0.1, 0.15) is 63.5 Å². The van der Waals surface area contributed by atoms with E-state index in [1.165, 1.54) is 38.5 Å². The molecule has 1 aromatic carbocycles. The van der Waals surface area contributed by atoms with Crippen molar-refractivity contribution < 1.29 is 4.79 Å². The van der Waals surface area contributed by atoms with E-state index in [4.69, 9.17) is 11.6 Å². The fourth-order valence-corrected chi connectivity index (χ4v) is 6.10. The number of amides is 1. The Morgan fingerprint density at radius 2 is 1.65 bits per heavy atom. The minimum absolute atomic E-state index is 0.0497. The van der Waals surface area contributed by atoms with E-state index in [0.717, 1.165) is 34.8 Å². The molecule has 1 atom stereocenters. The van der Waals surface area contributed by atoms with Crippen molar-refractivity contribution in [3.8, 4) is 0 Å². The third-order valence-electron chi connectivity index (χ3n) is 6.45. The summed E-state index contributed by atoms with van der Waals surface area (Å²) in [6, 6.07) is 7.82. The van der Waals surface area contributed by atoms with Gasteiger partial charge in [0.2, 0.25) is 5.91 Å². The maximum absolute atomic E-state index is 12.6. The molecule has 0 spiro atoms. The number of benzene rings is 1. The van der Waals surface area contributed by atoms with E-state index in [-0.39, 0.29) is 11.9 Å². The summed E-state index contributed by atoms with van der Waals surface area (Å²) in [4.78, 5) is 12.6. The number of carbonyl (C=O) groups excluding carboxylic acids is 1. The molecule has 4 saturated carbocycles. The first-order valence-electron chi connectivity index (χ1n) is 9.06. The number of nitrogens with one attached hydrogen (secondary N) is 1. The molecule has 23 heavy (non-hydrogen) atoms. The first kappa shape index (κ1) is 15.5. The van der Waals surface area contributed by atoms with Gasteiger partial charge in [-0.2, -0.15) is 0 Å². The Morgan fingerprint density at radius 3 is 2.17 bits per heavy atom. The molecule has 124 valence electrons. The summed E-state index contributed by atoms with van der Waals surface area (Å²) in [5.74, 6) is 2.95. The third-order valence-corrected chi connectivity index (χ3v) is 6.70. The molecule has 0 heterocycles. The monoisotopic (exact) mass is 331 g/mol. The van der Waals surface area contributed by atoms with Gasteiger partial charge in [0, 0.05) is 11.4 Å². The van der Waals surface area contributed by atoms with Crippen molar-refractivity contribution in [3.63, 3.8) is 0 Å². The predicted molar refractivity (Wildman–Crippen MR) is 93.2 cm³/mol. The number of halogens is 1. The molecule has 1 aromatic rings.